The summed E-state index contributed by atoms with van der Waals surface area (Å²) >= 11 is 0. The van der Waals surface area contributed by atoms with Crippen molar-refractivity contribution in [2.45, 2.75) is 13.5 Å². The van der Waals surface area contributed by atoms with Crippen LogP contribution in [0.2, 0.25) is 0 Å². The summed E-state index contributed by atoms with van der Waals surface area (Å²) in [7, 11) is 0. The third kappa shape index (κ3) is 2.97. The first-order chi connectivity index (χ1) is 9.59. The molecular formula is C14H13N3O3. The number of nitro groups is 1. The van der Waals surface area contributed by atoms with Gasteiger partial charge in [-0.1, -0.05) is 12.1 Å². The van der Waals surface area contributed by atoms with E-state index in [1.807, 2.05) is 6.07 Å². The second-order valence-corrected chi connectivity index (χ2v) is 4.25. The van der Waals surface area contributed by atoms with Gasteiger partial charge < -0.3 is 5.32 Å². The molecule has 20 heavy (non-hydrogen) atoms. The van der Waals surface area contributed by atoms with Crippen LogP contribution in [0.4, 0.5) is 5.69 Å². The lowest BCUT2D eigenvalue weighted by molar-refractivity contribution is -0.385. The predicted octanol–water partition coefficient (Wildman–Crippen LogP) is 2.23. The van der Waals surface area contributed by atoms with E-state index in [1.54, 1.807) is 31.5 Å². The molecule has 0 aliphatic heterocycles. The molecule has 2 rings (SSSR count). The number of carbonyl (C=O) groups is 1. The first-order valence-corrected chi connectivity index (χ1v) is 6.00. The normalized spacial score (nSPS) is 10.1. The molecule has 6 heteroatoms. The predicted molar refractivity (Wildman–Crippen MR) is 73.2 cm³/mol. The van der Waals surface area contributed by atoms with E-state index < -0.39 is 4.92 Å². The van der Waals surface area contributed by atoms with Crippen molar-refractivity contribution in [2.24, 2.45) is 0 Å². The van der Waals surface area contributed by atoms with Gasteiger partial charge in [0, 0.05) is 36.1 Å². The minimum absolute atomic E-state index is 0.0565. The van der Waals surface area contributed by atoms with Crippen molar-refractivity contribution >= 4 is 11.6 Å². The monoisotopic (exact) mass is 271 g/mol. The summed E-state index contributed by atoms with van der Waals surface area (Å²) < 4.78 is 0. The van der Waals surface area contributed by atoms with Crippen molar-refractivity contribution in [3.05, 3.63) is 69.5 Å². The third-order valence-corrected chi connectivity index (χ3v) is 2.92. The zero-order valence-electron chi connectivity index (χ0n) is 10.9. The summed E-state index contributed by atoms with van der Waals surface area (Å²) in [6, 6.07) is 8.08. The molecule has 1 amide bonds. The molecule has 1 aromatic heterocycles. The number of hydrogen-bond acceptors (Lipinski definition) is 4. The van der Waals surface area contributed by atoms with Crippen LogP contribution in [0, 0.1) is 17.0 Å². The van der Waals surface area contributed by atoms with Crippen molar-refractivity contribution in [2.75, 3.05) is 0 Å². The molecule has 102 valence electrons. The molecular weight excluding hydrogens is 258 g/mol. The number of nitrogens with zero attached hydrogens (tertiary/aromatic N) is 2. The molecule has 6 nitrogen and oxygen atoms in total. The van der Waals surface area contributed by atoms with Crippen molar-refractivity contribution in [1.82, 2.24) is 10.3 Å². The Bertz CT molecular complexity index is 641. The largest absolute Gasteiger partial charge is 0.348 e. The van der Waals surface area contributed by atoms with E-state index in [0.29, 0.717) is 17.7 Å². The minimum Gasteiger partial charge on any atom is -0.348 e. The van der Waals surface area contributed by atoms with E-state index >= 15 is 0 Å². The van der Waals surface area contributed by atoms with Gasteiger partial charge in [0.2, 0.25) is 0 Å². The summed E-state index contributed by atoms with van der Waals surface area (Å²) in [5.41, 5.74) is 1.48. The Hall–Kier alpha value is -2.76. The van der Waals surface area contributed by atoms with Crippen molar-refractivity contribution in [3.63, 3.8) is 0 Å². The second kappa shape index (κ2) is 5.92. The van der Waals surface area contributed by atoms with Gasteiger partial charge in [0.15, 0.2) is 0 Å². The maximum atomic E-state index is 12.1. The van der Waals surface area contributed by atoms with Gasteiger partial charge in [-0.05, 0) is 24.6 Å². The highest BCUT2D eigenvalue weighted by Crippen LogP contribution is 2.20. The highest BCUT2D eigenvalue weighted by atomic mass is 16.6. The van der Waals surface area contributed by atoms with Crippen LogP contribution in [-0.4, -0.2) is 15.8 Å². The fraction of sp³-hybridized carbons (Fsp3) is 0.143. The van der Waals surface area contributed by atoms with Crippen LogP contribution >= 0.6 is 0 Å². The smallest absolute Gasteiger partial charge is 0.273 e. The van der Waals surface area contributed by atoms with Crippen LogP contribution in [0.25, 0.3) is 0 Å². The molecule has 0 aliphatic rings. The molecule has 0 aliphatic carbocycles. The quantitative estimate of drug-likeness (QED) is 0.682. The molecule has 0 atom stereocenters. The highest BCUT2D eigenvalue weighted by Gasteiger charge is 2.17. The fourth-order valence-electron chi connectivity index (χ4n) is 1.85. The van der Waals surface area contributed by atoms with Gasteiger partial charge in [0.05, 0.1) is 4.92 Å². The lowest BCUT2D eigenvalue weighted by atomic mass is 10.1. The van der Waals surface area contributed by atoms with Crippen molar-refractivity contribution < 1.29 is 9.72 Å². The second-order valence-electron chi connectivity index (χ2n) is 4.25. The van der Waals surface area contributed by atoms with E-state index in [1.165, 1.54) is 12.1 Å². The Morgan fingerprint density at radius 1 is 1.35 bits per heavy atom. The average molecular weight is 271 g/mol. The van der Waals surface area contributed by atoms with Crippen LogP contribution in [0.1, 0.15) is 21.5 Å². The van der Waals surface area contributed by atoms with Gasteiger partial charge >= 0.3 is 0 Å². The van der Waals surface area contributed by atoms with E-state index in [4.69, 9.17) is 0 Å². The number of nitro benzene ring substituents is 1. The van der Waals surface area contributed by atoms with Gasteiger partial charge in [0.25, 0.3) is 11.6 Å². The van der Waals surface area contributed by atoms with Gasteiger partial charge in [-0.2, -0.15) is 0 Å². The fourth-order valence-corrected chi connectivity index (χ4v) is 1.85. The van der Waals surface area contributed by atoms with Crippen LogP contribution < -0.4 is 5.32 Å². The summed E-state index contributed by atoms with van der Waals surface area (Å²) in [4.78, 5) is 26.4. The van der Waals surface area contributed by atoms with E-state index in [-0.39, 0.29) is 11.6 Å². The standard InChI is InChI=1S/C14H13N3O3/c1-10-12(5-2-6-13(10)17(19)20)14(18)16-9-11-4-3-7-15-8-11/h2-8H,9H2,1H3,(H,16,18). The van der Waals surface area contributed by atoms with E-state index in [0.717, 1.165) is 5.56 Å². The van der Waals surface area contributed by atoms with Gasteiger partial charge in [0.1, 0.15) is 0 Å². The number of amides is 1. The maximum Gasteiger partial charge on any atom is 0.273 e. The van der Waals surface area contributed by atoms with Gasteiger partial charge in [-0.3, -0.25) is 19.9 Å². The maximum absolute atomic E-state index is 12.1. The van der Waals surface area contributed by atoms with Crippen molar-refractivity contribution in [3.8, 4) is 0 Å². The van der Waals surface area contributed by atoms with E-state index in [9.17, 15) is 14.9 Å². The number of rotatable bonds is 4. The summed E-state index contributed by atoms with van der Waals surface area (Å²) in [6.07, 6.45) is 3.30. The average Bonchev–Trinajstić information content (AvgIpc) is 2.46. The summed E-state index contributed by atoms with van der Waals surface area (Å²) in [5, 5.41) is 13.6. The Labute approximate surface area is 115 Å². The number of hydrogen-bond donors (Lipinski definition) is 1. The van der Waals surface area contributed by atoms with Crippen LogP contribution in [-0.2, 0) is 6.54 Å². The number of aromatic nitrogens is 1. The Morgan fingerprint density at radius 3 is 2.80 bits per heavy atom. The first-order valence-electron chi connectivity index (χ1n) is 6.00. The topological polar surface area (TPSA) is 85.1 Å². The van der Waals surface area contributed by atoms with Crippen LogP contribution in [0.3, 0.4) is 0 Å². The molecule has 1 heterocycles. The molecule has 0 unspecified atom stereocenters. The number of nitrogens with one attached hydrogen (secondary N) is 1. The van der Waals surface area contributed by atoms with Crippen molar-refractivity contribution in [1.29, 1.82) is 0 Å². The Balaban J connectivity index is 2.14. The molecule has 0 saturated carbocycles. The molecule has 0 spiro atoms. The zero-order valence-corrected chi connectivity index (χ0v) is 10.9. The lowest BCUT2D eigenvalue weighted by Gasteiger charge is -2.07. The molecule has 0 radical (unpaired) electrons. The van der Waals surface area contributed by atoms with E-state index in [2.05, 4.69) is 10.3 Å². The summed E-state index contributed by atoms with van der Waals surface area (Å²) in [5.74, 6) is -0.338. The number of carbonyl (C=O) groups excluding carboxylic acids is 1. The van der Waals surface area contributed by atoms with Crippen LogP contribution in [0.5, 0.6) is 0 Å². The molecule has 1 N–H and O–H groups in total. The van der Waals surface area contributed by atoms with Crippen LogP contribution in [0.15, 0.2) is 42.7 Å². The molecule has 0 saturated heterocycles. The zero-order chi connectivity index (χ0) is 14.5. The molecule has 2 aromatic rings. The van der Waals surface area contributed by atoms with Gasteiger partial charge in [-0.15, -0.1) is 0 Å². The number of benzene rings is 1. The van der Waals surface area contributed by atoms with Gasteiger partial charge in [-0.25, -0.2) is 0 Å². The third-order valence-electron chi connectivity index (χ3n) is 2.92. The molecule has 0 bridgehead atoms. The molecule has 0 fully saturated rings. The Kier molecular flexibility index (Phi) is 4.05. The molecule has 1 aromatic carbocycles. The minimum atomic E-state index is -0.493. The number of pyridine rings is 1. The Morgan fingerprint density at radius 2 is 2.15 bits per heavy atom. The SMILES string of the molecule is Cc1c(C(=O)NCc2cccnc2)cccc1[N+](=O)[O-]. The highest BCUT2D eigenvalue weighted by molar-refractivity contribution is 5.96. The summed E-state index contributed by atoms with van der Waals surface area (Å²) in [6.45, 7) is 1.89. The lowest BCUT2D eigenvalue weighted by Crippen LogP contribution is -2.23. The first kappa shape index (κ1) is 13.7.